The van der Waals surface area contributed by atoms with Gasteiger partial charge in [0.05, 0.1) is 22.1 Å². The van der Waals surface area contributed by atoms with Gasteiger partial charge in [-0.3, -0.25) is 9.13 Å². The number of benzene rings is 5. The van der Waals surface area contributed by atoms with Crippen LogP contribution in [0.15, 0.2) is 164 Å². The van der Waals surface area contributed by atoms with Crippen LogP contribution in [0.5, 0.6) is 0 Å². The maximum atomic E-state index is 4.76. The molecular formula is C40H27BN4. The molecule has 0 aliphatic carbocycles. The second-order valence-corrected chi connectivity index (χ2v) is 11.5. The molecule has 0 saturated carbocycles. The fourth-order valence-corrected chi connectivity index (χ4v) is 7.02. The smallest absolute Gasteiger partial charge is 0.241 e. The Kier molecular flexibility index (Phi) is 5.88. The molecule has 0 N–H and O–H groups in total. The molecule has 9 rings (SSSR count). The molecule has 0 aliphatic heterocycles. The second kappa shape index (κ2) is 10.4. The van der Waals surface area contributed by atoms with E-state index < -0.39 is 0 Å². The predicted molar refractivity (Wildman–Crippen MR) is 188 cm³/mol. The maximum Gasteiger partial charge on any atom is 0.241 e. The second-order valence-electron chi connectivity index (χ2n) is 11.5. The first-order chi connectivity index (χ1) is 22.3. The summed E-state index contributed by atoms with van der Waals surface area (Å²) in [5, 5.41) is 4.89. The van der Waals surface area contributed by atoms with Crippen LogP contribution in [0.4, 0.5) is 0 Å². The van der Waals surface area contributed by atoms with E-state index in [-0.39, 0.29) is 6.71 Å². The number of rotatable bonds is 5. The number of fused-ring (bicyclic) bond motifs is 6. The summed E-state index contributed by atoms with van der Waals surface area (Å²) in [7, 11) is 0. The van der Waals surface area contributed by atoms with Crippen molar-refractivity contribution in [2.45, 2.75) is 0 Å². The van der Waals surface area contributed by atoms with Crippen molar-refractivity contribution in [1.29, 1.82) is 0 Å². The Morgan fingerprint density at radius 3 is 1.29 bits per heavy atom. The van der Waals surface area contributed by atoms with Gasteiger partial charge >= 0.3 is 0 Å². The van der Waals surface area contributed by atoms with Gasteiger partial charge in [0.1, 0.15) is 11.6 Å². The van der Waals surface area contributed by atoms with Gasteiger partial charge in [-0.15, -0.1) is 0 Å². The van der Waals surface area contributed by atoms with Crippen LogP contribution in [0.2, 0.25) is 0 Å². The molecule has 0 unspecified atom stereocenters. The first-order valence-corrected chi connectivity index (χ1v) is 15.3. The average Bonchev–Trinajstić information content (AvgIpc) is 3.62. The molecule has 5 heteroatoms. The lowest BCUT2D eigenvalue weighted by molar-refractivity contribution is 1.08. The Hall–Kier alpha value is -5.94. The number of para-hydroxylation sites is 2. The van der Waals surface area contributed by atoms with Gasteiger partial charge in [-0.25, -0.2) is 9.97 Å². The van der Waals surface area contributed by atoms with E-state index in [0.717, 1.165) is 33.7 Å². The number of nitrogens with zero attached hydrogens (tertiary/aromatic N) is 4. The van der Waals surface area contributed by atoms with Gasteiger partial charge in [0.2, 0.25) is 6.71 Å². The fraction of sp³-hybridized carbons (Fsp3) is 0. The molecule has 4 nitrogen and oxygen atoms in total. The molecule has 0 radical (unpaired) electrons. The molecule has 0 spiro atoms. The largest absolute Gasteiger partial charge is 0.294 e. The van der Waals surface area contributed by atoms with Crippen LogP contribution < -0.4 is 16.4 Å². The van der Waals surface area contributed by atoms with Crippen LogP contribution in [0, 0.1) is 0 Å². The Morgan fingerprint density at radius 1 is 0.356 bits per heavy atom. The molecule has 0 fully saturated rings. The van der Waals surface area contributed by atoms with E-state index in [1.165, 1.54) is 37.9 Å². The third-order valence-corrected chi connectivity index (χ3v) is 8.95. The summed E-state index contributed by atoms with van der Waals surface area (Å²) >= 11 is 0. The van der Waals surface area contributed by atoms with Crippen molar-refractivity contribution in [3.05, 3.63) is 164 Å². The van der Waals surface area contributed by atoms with Crippen molar-refractivity contribution in [3.8, 4) is 11.6 Å². The summed E-state index contributed by atoms with van der Waals surface area (Å²) in [6.07, 6.45) is 3.73. The van der Waals surface area contributed by atoms with E-state index in [1.54, 1.807) is 0 Å². The number of aromatic nitrogens is 4. The average molecular weight is 574 g/mol. The molecule has 0 saturated heterocycles. The zero-order valence-corrected chi connectivity index (χ0v) is 24.5. The molecule has 0 aliphatic rings. The standard InChI is InChI=1S/C40H27BN4/c1-2-12-28(13-3-1)41(29-20-22-33-31-14-4-6-16-35(31)44(37(33)26-29)39-18-8-10-24-42-39)30-21-23-34-32-15-5-7-17-36(32)45(38(34)27-30)40-19-9-11-25-43-40/h1-27H. The summed E-state index contributed by atoms with van der Waals surface area (Å²) in [6.45, 7) is 0.0189. The third kappa shape index (κ3) is 4.09. The Balaban J connectivity index is 1.32. The topological polar surface area (TPSA) is 35.6 Å². The first kappa shape index (κ1) is 25.6. The maximum absolute atomic E-state index is 4.76. The third-order valence-electron chi connectivity index (χ3n) is 8.95. The van der Waals surface area contributed by atoms with Crippen molar-refractivity contribution in [1.82, 2.24) is 19.1 Å². The molecular weight excluding hydrogens is 547 g/mol. The first-order valence-electron chi connectivity index (χ1n) is 15.3. The fourth-order valence-electron chi connectivity index (χ4n) is 7.02. The van der Waals surface area contributed by atoms with Crippen LogP contribution in [0.1, 0.15) is 0 Å². The van der Waals surface area contributed by atoms with Crippen molar-refractivity contribution in [2.24, 2.45) is 0 Å². The van der Waals surface area contributed by atoms with Crippen molar-refractivity contribution in [2.75, 3.05) is 0 Å². The van der Waals surface area contributed by atoms with Crippen molar-refractivity contribution >= 4 is 66.7 Å². The normalized spacial score (nSPS) is 11.6. The van der Waals surface area contributed by atoms with Gasteiger partial charge in [-0.05, 0) is 48.5 Å². The van der Waals surface area contributed by atoms with Crippen LogP contribution in [-0.4, -0.2) is 25.8 Å². The van der Waals surface area contributed by atoms with E-state index in [9.17, 15) is 0 Å². The lowest BCUT2D eigenvalue weighted by atomic mass is 9.37. The Morgan fingerprint density at radius 2 is 0.800 bits per heavy atom. The van der Waals surface area contributed by atoms with Crippen LogP contribution in [-0.2, 0) is 0 Å². The van der Waals surface area contributed by atoms with Crippen LogP contribution in [0.3, 0.4) is 0 Å². The van der Waals surface area contributed by atoms with E-state index in [4.69, 9.17) is 9.97 Å². The highest BCUT2D eigenvalue weighted by atomic mass is 15.1. The van der Waals surface area contributed by atoms with Crippen molar-refractivity contribution < 1.29 is 0 Å². The SMILES string of the molecule is c1ccc(B(c2ccc3c4ccccc4n(-c4ccccn4)c3c2)c2ccc3c4ccccc4n(-c4ccccn4)c3c2)cc1. The molecule has 9 aromatic rings. The van der Waals surface area contributed by atoms with Gasteiger partial charge in [0, 0.05) is 33.9 Å². The molecule has 4 aromatic heterocycles. The lowest BCUT2D eigenvalue weighted by Gasteiger charge is -2.17. The summed E-state index contributed by atoms with van der Waals surface area (Å²) in [5.41, 5.74) is 8.31. The van der Waals surface area contributed by atoms with Gasteiger partial charge in [-0.2, -0.15) is 0 Å². The van der Waals surface area contributed by atoms with E-state index in [2.05, 4.69) is 149 Å². The summed E-state index contributed by atoms with van der Waals surface area (Å²) in [5.74, 6) is 1.83. The molecule has 210 valence electrons. The Bertz CT molecular complexity index is 2330. The minimum Gasteiger partial charge on any atom is -0.294 e. The highest BCUT2D eigenvalue weighted by molar-refractivity contribution is 6.95. The van der Waals surface area contributed by atoms with Gasteiger partial charge in [-0.1, -0.05) is 120 Å². The van der Waals surface area contributed by atoms with E-state index >= 15 is 0 Å². The summed E-state index contributed by atoms with van der Waals surface area (Å²) in [4.78, 5) is 9.52. The monoisotopic (exact) mass is 574 g/mol. The number of hydrogen-bond acceptors (Lipinski definition) is 2. The van der Waals surface area contributed by atoms with E-state index in [0.29, 0.717) is 0 Å². The highest BCUT2D eigenvalue weighted by Crippen LogP contribution is 2.32. The number of pyridine rings is 2. The number of hydrogen-bond donors (Lipinski definition) is 0. The van der Waals surface area contributed by atoms with Gasteiger partial charge in [0.25, 0.3) is 0 Å². The predicted octanol–water partition coefficient (Wildman–Crippen LogP) is 7.19. The molecule has 0 bridgehead atoms. The summed E-state index contributed by atoms with van der Waals surface area (Å²) < 4.78 is 4.58. The van der Waals surface area contributed by atoms with E-state index in [1.807, 2.05) is 24.5 Å². The lowest BCUT2D eigenvalue weighted by Crippen LogP contribution is -2.52. The zero-order chi connectivity index (χ0) is 29.7. The molecule has 4 heterocycles. The van der Waals surface area contributed by atoms with Crippen LogP contribution in [0.25, 0.3) is 55.2 Å². The highest BCUT2D eigenvalue weighted by Gasteiger charge is 2.25. The summed E-state index contributed by atoms with van der Waals surface area (Å²) in [6, 6.07) is 54.1. The zero-order valence-electron chi connectivity index (χ0n) is 24.5. The minimum atomic E-state index is 0.0189. The Labute approximate surface area is 260 Å². The minimum absolute atomic E-state index is 0.0189. The van der Waals surface area contributed by atoms with Gasteiger partial charge in [0.15, 0.2) is 0 Å². The van der Waals surface area contributed by atoms with Gasteiger partial charge < -0.3 is 0 Å². The van der Waals surface area contributed by atoms with Crippen LogP contribution >= 0.6 is 0 Å². The molecule has 0 atom stereocenters. The quantitative estimate of drug-likeness (QED) is 0.204. The molecule has 45 heavy (non-hydrogen) atoms. The van der Waals surface area contributed by atoms with Crippen molar-refractivity contribution in [3.63, 3.8) is 0 Å². The molecule has 5 aromatic carbocycles. The molecule has 0 amide bonds.